The number of sulfonamides is 1. The van der Waals surface area contributed by atoms with Crippen molar-refractivity contribution in [2.75, 3.05) is 11.9 Å². The van der Waals surface area contributed by atoms with Gasteiger partial charge in [0, 0.05) is 10.2 Å². The van der Waals surface area contributed by atoms with Crippen LogP contribution in [0.25, 0.3) is 0 Å². The molecule has 0 fully saturated rings. The van der Waals surface area contributed by atoms with Crippen molar-refractivity contribution < 1.29 is 17.6 Å². The second-order valence-electron chi connectivity index (χ2n) is 4.58. The van der Waals surface area contributed by atoms with Crippen molar-refractivity contribution in [3.05, 3.63) is 56.7 Å². The van der Waals surface area contributed by atoms with Crippen LogP contribution in [-0.4, -0.2) is 20.9 Å². The van der Waals surface area contributed by atoms with Crippen molar-refractivity contribution >= 4 is 60.7 Å². The zero-order chi connectivity index (χ0) is 17.9. The summed E-state index contributed by atoms with van der Waals surface area (Å²) in [4.78, 5) is 11.5. The average Bonchev–Trinajstić information content (AvgIpc) is 2.44. The van der Waals surface area contributed by atoms with E-state index in [0.29, 0.717) is 4.47 Å². The molecule has 0 saturated carbocycles. The number of hydrogen-bond acceptors (Lipinski definition) is 3. The number of anilines is 1. The van der Waals surface area contributed by atoms with Gasteiger partial charge in [0.1, 0.15) is 10.7 Å². The lowest BCUT2D eigenvalue weighted by molar-refractivity contribution is -0.115. The second kappa shape index (κ2) is 7.79. The first-order valence-corrected chi connectivity index (χ1v) is 9.42. The topological polar surface area (TPSA) is 75.3 Å². The Morgan fingerprint density at radius 1 is 1.17 bits per heavy atom. The predicted molar refractivity (Wildman–Crippen MR) is 94.4 cm³/mol. The molecule has 0 aromatic heterocycles. The van der Waals surface area contributed by atoms with Crippen LogP contribution in [0.2, 0.25) is 10.0 Å². The Kier molecular flexibility index (Phi) is 6.22. The van der Waals surface area contributed by atoms with E-state index >= 15 is 0 Å². The summed E-state index contributed by atoms with van der Waals surface area (Å²) in [6.07, 6.45) is 0. The maximum Gasteiger partial charge on any atom is 0.244 e. The molecular formula is C14H10BrCl2FN2O3S. The molecule has 0 bridgehead atoms. The van der Waals surface area contributed by atoms with Crippen molar-refractivity contribution in [1.29, 1.82) is 0 Å². The Hall–Kier alpha value is -1.19. The summed E-state index contributed by atoms with van der Waals surface area (Å²) in [5, 5.41) is 2.19. The number of nitrogens with one attached hydrogen (secondary N) is 2. The molecule has 1 amide bonds. The van der Waals surface area contributed by atoms with E-state index in [1.165, 1.54) is 30.3 Å². The largest absolute Gasteiger partial charge is 0.325 e. The van der Waals surface area contributed by atoms with Crippen molar-refractivity contribution in [1.82, 2.24) is 4.72 Å². The average molecular weight is 456 g/mol. The molecule has 128 valence electrons. The second-order valence-corrected chi connectivity index (χ2v) is 8.02. The van der Waals surface area contributed by atoms with Crippen LogP contribution in [0.3, 0.4) is 0 Å². The third-order valence-corrected chi connectivity index (χ3v) is 5.54. The molecule has 0 unspecified atom stereocenters. The highest BCUT2D eigenvalue weighted by molar-refractivity contribution is 9.10. The minimum Gasteiger partial charge on any atom is -0.325 e. The summed E-state index contributed by atoms with van der Waals surface area (Å²) < 4.78 is 40.2. The molecule has 10 heteroatoms. The van der Waals surface area contributed by atoms with Crippen LogP contribution < -0.4 is 10.0 Å². The molecule has 0 atom stereocenters. The maximum absolute atomic E-state index is 13.0. The summed E-state index contributed by atoms with van der Waals surface area (Å²) in [5.74, 6) is -1.20. The molecule has 0 aliphatic heterocycles. The van der Waals surface area contributed by atoms with Gasteiger partial charge < -0.3 is 5.32 Å². The van der Waals surface area contributed by atoms with Crippen LogP contribution in [-0.2, 0) is 14.8 Å². The fourth-order valence-electron chi connectivity index (χ4n) is 1.79. The lowest BCUT2D eigenvalue weighted by Gasteiger charge is -2.11. The normalized spacial score (nSPS) is 11.3. The SMILES string of the molecule is O=C(CNS(=O)(=O)c1c(Cl)cc(Br)cc1Cl)Nc1cccc(F)c1. The maximum atomic E-state index is 13.0. The summed E-state index contributed by atoms with van der Waals surface area (Å²) in [5.41, 5.74) is 0.207. The highest BCUT2D eigenvalue weighted by Crippen LogP contribution is 2.32. The molecular weight excluding hydrogens is 446 g/mol. The van der Waals surface area contributed by atoms with Crippen LogP contribution >= 0.6 is 39.1 Å². The van der Waals surface area contributed by atoms with Gasteiger partial charge in [0.25, 0.3) is 0 Å². The van der Waals surface area contributed by atoms with Gasteiger partial charge in [-0.15, -0.1) is 0 Å². The third-order valence-electron chi connectivity index (χ3n) is 2.76. The molecule has 5 nitrogen and oxygen atoms in total. The molecule has 0 saturated heterocycles. The van der Waals surface area contributed by atoms with E-state index in [0.717, 1.165) is 6.07 Å². The van der Waals surface area contributed by atoms with Crippen molar-refractivity contribution in [3.63, 3.8) is 0 Å². The van der Waals surface area contributed by atoms with Gasteiger partial charge in [-0.3, -0.25) is 4.79 Å². The molecule has 2 N–H and O–H groups in total. The lowest BCUT2D eigenvalue weighted by Crippen LogP contribution is -2.33. The van der Waals surface area contributed by atoms with E-state index < -0.39 is 28.3 Å². The zero-order valence-electron chi connectivity index (χ0n) is 11.8. The molecule has 2 aromatic rings. The predicted octanol–water partition coefficient (Wildman–Crippen LogP) is 3.81. The van der Waals surface area contributed by atoms with E-state index in [1.54, 1.807) is 0 Å². The molecule has 0 spiro atoms. The summed E-state index contributed by atoms with van der Waals surface area (Å²) in [6.45, 7) is -0.568. The van der Waals surface area contributed by atoms with Crippen molar-refractivity contribution in [2.45, 2.75) is 4.90 Å². The van der Waals surface area contributed by atoms with Gasteiger partial charge in [-0.25, -0.2) is 17.5 Å². The highest BCUT2D eigenvalue weighted by Gasteiger charge is 2.23. The Bertz CT molecular complexity index is 870. The first kappa shape index (κ1) is 19.1. The van der Waals surface area contributed by atoms with Crippen LogP contribution in [0, 0.1) is 5.82 Å². The quantitative estimate of drug-likeness (QED) is 0.719. The minimum atomic E-state index is -4.10. The molecule has 0 radical (unpaired) electrons. The standard InChI is InChI=1S/C14H10BrCl2FN2O3S/c15-8-4-11(16)14(12(17)5-8)24(22,23)19-7-13(21)20-10-3-1-2-9(18)6-10/h1-6,19H,7H2,(H,20,21). The van der Waals surface area contributed by atoms with E-state index in [-0.39, 0.29) is 20.6 Å². The summed E-state index contributed by atoms with van der Waals surface area (Å²) >= 11 is 15.0. The molecule has 24 heavy (non-hydrogen) atoms. The van der Waals surface area contributed by atoms with Crippen LogP contribution in [0.5, 0.6) is 0 Å². The van der Waals surface area contributed by atoms with Gasteiger partial charge in [-0.1, -0.05) is 45.2 Å². The van der Waals surface area contributed by atoms with Gasteiger partial charge >= 0.3 is 0 Å². The smallest absolute Gasteiger partial charge is 0.244 e. The van der Waals surface area contributed by atoms with Crippen molar-refractivity contribution in [3.8, 4) is 0 Å². The van der Waals surface area contributed by atoms with Gasteiger partial charge in [-0.05, 0) is 30.3 Å². The van der Waals surface area contributed by atoms with Crippen LogP contribution in [0.1, 0.15) is 0 Å². The fourth-order valence-corrected chi connectivity index (χ4v) is 4.70. The number of rotatable bonds is 5. The number of carbonyl (C=O) groups excluding carboxylic acids is 1. The van der Waals surface area contributed by atoms with Gasteiger partial charge in [0.15, 0.2) is 0 Å². The number of amides is 1. The molecule has 0 aliphatic carbocycles. The Morgan fingerprint density at radius 2 is 1.79 bits per heavy atom. The van der Waals surface area contributed by atoms with Crippen LogP contribution in [0.15, 0.2) is 45.8 Å². The summed E-state index contributed by atoms with van der Waals surface area (Å²) in [7, 11) is -4.10. The van der Waals surface area contributed by atoms with Crippen LogP contribution in [0.4, 0.5) is 10.1 Å². The third kappa shape index (κ3) is 4.90. The van der Waals surface area contributed by atoms with Gasteiger partial charge in [0.05, 0.1) is 16.6 Å². The van der Waals surface area contributed by atoms with Gasteiger partial charge in [0.2, 0.25) is 15.9 Å². The number of hydrogen-bond donors (Lipinski definition) is 2. The van der Waals surface area contributed by atoms with E-state index in [9.17, 15) is 17.6 Å². The molecule has 0 heterocycles. The zero-order valence-corrected chi connectivity index (χ0v) is 15.7. The number of halogens is 4. The molecule has 2 rings (SSSR count). The fraction of sp³-hybridized carbons (Fsp3) is 0.0714. The number of carbonyl (C=O) groups is 1. The van der Waals surface area contributed by atoms with Crippen molar-refractivity contribution in [2.24, 2.45) is 0 Å². The molecule has 2 aromatic carbocycles. The van der Waals surface area contributed by atoms with E-state index in [4.69, 9.17) is 23.2 Å². The monoisotopic (exact) mass is 454 g/mol. The Balaban J connectivity index is 2.09. The Morgan fingerprint density at radius 3 is 2.38 bits per heavy atom. The first-order chi connectivity index (χ1) is 11.2. The lowest BCUT2D eigenvalue weighted by atomic mass is 10.3. The highest BCUT2D eigenvalue weighted by atomic mass is 79.9. The first-order valence-electron chi connectivity index (χ1n) is 6.38. The number of benzene rings is 2. The van der Waals surface area contributed by atoms with Gasteiger partial charge in [-0.2, -0.15) is 0 Å². The minimum absolute atomic E-state index is 0.0904. The Labute approximate surface area is 156 Å². The summed E-state index contributed by atoms with van der Waals surface area (Å²) in [6, 6.07) is 7.95. The van der Waals surface area contributed by atoms with E-state index in [1.807, 2.05) is 0 Å². The molecule has 0 aliphatic rings. The van der Waals surface area contributed by atoms with E-state index in [2.05, 4.69) is 26.0 Å².